The first kappa shape index (κ1) is 21.2. The van der Waals surface area contributed by atoms with Crippen molar-refractivity contribution in [2.45, 2.75) is 19.8 Å². The molecular weight excluding hydrogens is 365 g/mol. The van der Waals surface area contributed by atoms with Gasteiger partial charge in [0.1, 0.15) is 11.4 Å². The molecule has 1 amide bonds. The first-order chi connectivity index (χ1) is 11.1. The maximum Gasteiger partial charge on any atom is 0.241 e. The summed E-state index contributed by atoms with van der Waals surface area (Å²) in [5.74, 6) is 1.09. The van der Waals surface area contributed by atoms with Crippen LogP contribution in [-0.2, 0) is 11.8 Å². The number of amides is 1. The highest BCUT2D eigenvalue weighted by molar-refractivity contribution is 5.94. The molecule has 2 aromatic heterocycles. The van der Waals surface area contributed by atoms with Crippen molar-refractivity contribution in [1.82, 2.24) is 20.1 Å². The summed E-state index contributed by atoms with van der Waals surface area (Å²) in [5.41, 5.74) is 1.34. The van der Waals surface area contributed by atoms with E-state index in [2.05, 4.69) is 20.7 Å². The summed E-state index contributed by atoms with van der Waals surface area (Å²) in [6.07, 6.45) is 5.22. The lowest BCUT2D eigenvalue weighted by Gasteiger charge is -2.22. The molecule has 1 aliphatic rings. The van der Waals surface area contributed by atoms with Gasteiger partial charge in [0.25, 0.3) is 0 Å². The number of pyridine rings is 1. The summed E-state index contributed by atoms with van der Waals surface area (Å²) in [7, 11) is 1.79. The molecule has 0 aliphatic carbocycles. The fraction of sp³-hybridized carbons (Fsp3) is 0.438. The van der Waals surface area contributed by atoms with Gasteiger partial charge in [-0.3, -0.25) is 9.78 Å². The van der Waals surface area contributed by atoms with Gasteiger partial charge in [-0.15, -0.1) is 24.8 Å². The number of piperidine rings is 1. The van der Waals surface area contributed by atoms with E-state index in [0.29, 0.717) is 23.9 Å². The molecule has 0 radical (unpaired) electrons. The maximum atomic E-state index is 12.5. The number of aromatic nitrogens is 3. The van der Waals surface area contributed by atoms with Crippen molar-refractivity contribution < 1.29 is 9.53 Å². The molecule has 138 valence electrons. The Labute approximate surface area is 159 Å². The van der Waals surface area contributed by atoms with Gasteiger partial charge < -0.3 is 15.4 Å². The van der Waals surface area contributed by atoms with Crippen molar-refractivity contribution >= 4 is 36.4 Å². The van der Waals surface area contributed by atoms with E-state index in [0.717, 1.165) is 25.1 Å². The zero-order valence-electron chi connectivity index (χ0n) is 14.2. The van der Waals surface area contributed by atoms with Crippen LogP contribution in [-0.4, -0.2) is 33.8 Å². The molecule has 1 atom stereocenters. The van der Waals surface area contributed by atoms with Gasteiger partial charge in [0.2, 0.25) is 11.8 Å². The fourth-order valence-electron chi connectivity index (χ4n) is 2.72. The summed E-state index contributed by atoms with van der Waals surface area (Å²) in [5, 5.41) is 10.6. The third-order valence-electron chi connectivity index (χ3n) is 3.93. The Hall–Kier alpha value is -1.83. The van der Waals surface area contributed by atoms with Crippen LogP contribution in [0, 0.1) is 12.8 Å². The summed E-state index contributed by atoms with van der Waals surface area (Å²) in [6.45, 7) is 3.54. The monoisotopic (exact) mass is 387 g/mol. The summed E-state index contributed by atoms with van der Waals surface area (Å²) < 4.78 is 7.48. The van der Waals surface area contributed by atoms with E-state index < -0.39 is 0 Å². The Morgan fingerprint density at radius 1 is 1.44 bits per heavy atom. The van der Waals surface area contributed by atoms with Crippen LogP contribution in [0.5, 0.6) is 11.6 Å². The number of nitrogens with one attached hydrogen (secondary N) is 2. The van der Waals surface area contributed by atoms with Crippen LogP contribution in [0.25, 0.3) is 0 Å². The Kier molecular flexibility index (Phi) is 8.15. The molecule has 1 unspecified atom stereocenters. The molecule has 7 nitrogen and oxygen atoms in total. The Morgan fingerprint density at radius 2 is 2.24 bits per heavy atom. The van der Waals surface area contributed by atoms with Crippen LogP contribution >= 0.6 is 24.8 Å². The average Bonchev–Trinajstić information content (AvgIpc) is 2.83. The summed E-state index contributed by atoms with van der Waals surface area (Å²) in [4.78, 5) is 16.5. The maximum absolute atomic E-state index is 12.5. The molecule has 3 heterocycles. The van der Waals surface area contributed by atoms with Gasteiger partial charge in [0, 0.05) is 19.8 Å². The van der Waals surface area contributed by atoms with Gasteiger partial charge in [0.05, 0.1) is 17.8 Å². The van der Waals surface area contributed by atoms with Crippen LogP contribution in [0.3, 0.4) is 0 Å². The summed E-state index contributed by atoms with van der Waals surface area (Å²) >= 11 is 0. The van der Waals surface area contributed by atoms with Crippen molar-refractivity contribution in [2.75, 3.05) is 18.4 Å². The lowest BCUT2D eigenvalue weighted by molar-refractivity contribution is -0.120. The SMILES string of the molecule is Cc1nn(C)c(Oc2cccnc2)c1NC(=O)C1CCCNC1.Cl.Cl. The minimum absolute atomic E-state index is 0. The second-order valence-corrected chi connectivity index (χ2v) is 5.71. The number of hydrogen-bond acceptors (Lipinski definition) is 5. The third-order valence-corrected chi connectivity index (χ3v) is 3.93. The highest BCUT2D eigenvalue weighted by Gasteiger charge is 2.24. The second kappa shape index (κ2) is 9.60. The van der Waals surface area contributed by atoms with Crippen molar-refractivity contribution in [2.24, 2.45) is 13.0 Å². The molecule has 0 saturated carbocycles. The van der Waals surface area contributed by atoms with Gasteiger partial charge in [-0.2, -0.15) is 5.10 Å². The number of aryl methyl sites for hydroxylation is 2. The van der Waals surface area contributed by atoms with Crippen LogP contribution in [0.15, 0.2) is 24.5 Å². The number of nitrogens with zero attached hydrogens (tertiary/aromatic N) is 3. The van der Waals surface area contributed by atoms with E-state index in [-0.39, 0.29) is 36.6 Å². The van der Waals surface area contributed by atoms with Gasteiger partial charge >= 0.3 is 0 Å². The highest BCUT2D eigenvalue weighted by atomic mass is 35.5. The van der Waals surface area contributed by atoms with Gasteiger partial charge in [-0.05, 0) is 38.4 Å². The van der Waals surface area contributed by atoms with Gasteiger partial charge in [-0.1, -0.05) is 0 Å². The predicted octanol–water partition coefficient (Wildman–Crippen LogP) is 2.70. The third kappa shape index (κ3) is 5.07. The molecule has 3 rings (SSSR count). The molecule has 1 aliphatic heterocycles. The normalized spacial score (nSPS) is 16.3. The number of carbonyl (C=O) groups excluding carboxylic acids is 1. The zero-order chi connectivity index (χ0) is 16.2. The van der Waals surface area contributed by atoms with E-state index in [1.165, 1.54) is 0 Å². The van der Waals surface area contributed by atoms with E-state index in [1.54, 1.807) is 30.2 Å². The molecule has 1 saturated heterocycles. The van der Waals surface area contributed by atoms with Crippen molar-refractivity contribution in [1.29, 1.82) is 0 Å². The van der Waals surface area contributed by atoms with E-state index >= 15 is 0 Å². The lowest BCUT2D eigenvalue weighted by atomic mass is 9.99. The largest absolute Gasteiger partial charge is 0.436 e. The number of anilines is 1. The predicted molar refractivity (Wildman–Crippen MR) is 101 cm³/mol. The van der Waals surface area contributed by atoms with E-state index in [4.69, 9.17) is 4.74 Å². The smallest absolute Gasteiger partial charge is 0.241 e. The van der Waals surface area contributed by atoms with Crippen molar-refractivity contribution in [3.8, 4) is 11.6 Å². The first-order valence-electron chi connectivity index (χ1n) is 7.78. The van der Waals surface area contributed by atoms with Crippen molar-refractivity contribution in [3.63, 3.8) is 0 Å². The van der Waals surface area contributed by atoms with Crippen LogP contribution in [0.1, 0.15) is 18.5 Å². The Morgan fingerprint density at radius 3 is 2.88 bits per heavy atom. The molecule has 9 heteroatoms. The highest BCUT2D eigenvalue weighted by Crippen LogP contribution is 2.32. The number of ether oxygens (including phenoxy) is 1. The van der Waals surface area contributed by atoms with E-state index in [9.17, 15) is 4.79 Å². The van der Waals surface area contributed by atoms with Crippen LogP contribution < -0.4 is 15.4 Å². The molecule has 0 bridgehead atoms. The molecule has 1 fully saturated rings. The number of carbonyl (C=O) groups is 1. The Bertz CT molecular complexity index is 687. The van der Waals surface area contributed by atoms with Gasteiger partial charge in [0.15, 0.2) is 0 Å². The quantitative estimate of drug-likeness (QED) is 0.842. The van der Waals surface area contributed by atoms with Crippen LogP contribution in [0.2, 0.25) is 0 Å². The minimum atomic E-state index is -0.0189. The molecule has 2 N–H and O–H groups in total. The standard InChI is InChI=1S/C16H21N5O2.2ClH/c1-11-14(19-15(22)12-5-3-7-17-9-12)16(21(2)20-11)23-13-6-4-8-18-10-13;;/h4,6,8,10,12,17H,3,5,7,9H2,1-2H3,(H,19,22);2*1H. The number of halogens is 2. The van der Waals surface area contributed by atoms with Gasteiger partial charge in [-0.25, -0.2) is 4.68 Å². The zero-order valence-corrected chi connectivity index (χ0v) is 15.8. The fourth-order valence-corrected chi connectivity index (χ4v) is 2.72. The average molecular weight is 388 g/mol. The molecule has 25 heavy (non-hydrogen) atoms. The number of rotatable bonds is 4. The van der Waals surface area contributed by atoms with Crippen molar-refractivity contribution in [3.05, 3.63) is 30.2 Å². The van der Waals surface area contributed by atoms with Crippen LogP contribution in [0.4, 0.5) is 5.69 Å². The molecule has 0 aromatic carbocycles. The number of hydrogen-bond donors (Lipinski definition) is 2. The molecular formula is C16H23Cl2N5O2. The topological polar surface area (TPSA) is 81.1 Å². The first-order valence-corrected chi connectivity index (χ1v) is 7.78. The lowest BCUT2D eigenvalue weighted by Crippen LogP contribution is -2.37. The Balaban J connectivity index is 0.00000156. The molecule has 0 spiro atoms. The molecule has 2 aromatic rings. The second-order valence-electron chi connectivity index (χ2n) is 5.71. The van der Waals surface area contributed by atoms with E-state index in [1.807, 2.05) is 13.0 Å². The summed E-state index contributed by atoms with van der Waals surface area (Å²) in [6, 6.07) is 3.61. The minimum Gasteiger partial charge on any atom is -0.436 e.